The standard InChI is InChI=1S/C14H22N4O3.ClH/c1-8(2)11(14-17-12(18-21-14)9-3-4-9)16-13(19)10-7-15-5-6-20-10;/h8-11,15H,3-7H2,1-2H3,(H,16,19);1H. The first-order valence-electron chi connectivity index (χ1n) is 7.61. The molecule has 1 amide bonds. The lowest BCUT2D eigenvalue weighted by molar-refractivity contribution is -0.135. The second-order valence-electron chi connectivity index (χ2n) is 6.06. The second kappa shape index (κ2) is 7.39. The van der Waals surface area contributed by atoms with E-state index in [1.165, 1.54) is 0 Å². The highest BCUT2D eigenvalue weighted by atomic mass is 35.5. The minimum Gasteiger partial charge on any atom is -0.366 e. The summed E-state index contributed by atoms with van der Waals surface area (Å²) in [6, 6.07) is -0.275. The number of carbonyl (C=O) groups is 1. The molecule has 1 aromatic heterocycles. The fourth-order valence-electron chi connectivity index (χ4n) is 2.37. The number of rotatable bonds is 5. The minimum absolute atomic E-state index is 0. The zero-order valence-electron chi connectivity index (χ0n) is 12.9. The number of carbonyl (C=O) groups excluding carboxylic acids is 1. The molecule has 2 fully saturated rings. The molecule has 2 N–H and O–H groups in total. The summed E-state index contributed by atoms with van der Waals surface area (Å²) in [7, 11) is 0. The van der Waals surface area contributed by atoms with Crippen LogP contribution in [0.4, 0.5) is 0 Å². The molecule has 0 radical (unpaired) electrons. The van der Waals surface area contributed by atoms with Crippen LogP contribution in [0.5, 0.6) is 0 Å². The summed E-state index contributed by atoms with van der Waals surface area (Å²) >= 11 is 0. The van der Waals surface area contributed by atoms with Crippen LogP contribution in [0.2, 0.25) is 0 Å². The second-order valence-corrected chi connectivity index (χ2v) is 6.06. The van der Waals surface area contributed by atoms with Gasteiger partial charge in [0.2, 0.25) is 5.89 Å². The predicted molar refractivity (Wildman–Crippen MR) is 81.9 cm³/mol. The summed E-state index contributed by atoms with van der Waals surface area (Å²) in [5.74, 6) is 1.73. The predicted octanol–water partition coefficient (Wildman–Crippen LogP) is 1.17. The maximum Gasteiger partial charge on any atom is 0.251 e. The summed E-state index contributed by atoms with van der Waals surface area (Å²) in [5, 5.41) is 10.1. The minimum atomic E-state index is -0.453. The number of morpholine rings is 1. The third-order valence-electron chi connectivity index (χ3n) is 3.85. The van der Waals surface area contributed by atoms with Gasteiger partial charge in [-0.3, -0.25) is 4.79 Å². The Kier molecular flexibility index (Phi) is 5.77. The highest BCUT2D eigenvalue weighted by Gasteiger charge is 2.33. The molecule has 2 aliphatic rings. The van der Waals surface area contributed by atoms with Gasteiger partial charge >= 0.3 is 0 Å². The van der Waals surface area contributed by atoms with E-state index in [1.54, 1.807) is 0 Å². The van der Waals surface area contributed by atoms with Gasteiger partial charge in [0.1, 0.15) is 12.1 Å². The first-order chi connectivity index (χ1) is 10.1. The highest BCUT2D eigenvalue weighted by Crippen LogP contribution is 2.38. The Morgan fingerprint density at radius 1 is 1.41 bits per heavy atom. The normalized spacial score (nSPS) is 23.0. The quantitative estimate of drug-likeness (QED) is 0.842. The maximum atomic E-state index is 12.3. The average molecular weight is 331 g/mol. The number of aromatic nitrogens is 2. The van der Waals surface area contributed by atoms with Gasteiger partial charge in [-0.05, 0) is 18.8 Å². The van der Waals surface area contributed by atoms with E-state index in [-0.39, 0.29) is 30.3 Å². The SMILES string of the molecule is CC(C)C(NC(=O)C1CNCCO1)c1nc(C2CC2)no1.Cl. The Hall–Kier alpha value is -1.18. The maximum absolute atomic E-state index is 12.3. The van der Waals surface area contributed by atoms with E-state index in [4.69, 9.17) is 9.26 Å². The molecule has 1 saturated heterocycles. The van der Waals surface area contributed by atoms with Crippen molar-refractivity contribution < 1.29 is 14.1 Å². The third-order valence-corrected chi connectivity index (χ3v) is 3.85. The Labute approximate surface area is 136 Å². The molecule has 1 aliphatic carbocycles. The van der Waals surface area contributed by atoms with Crippen molar-refractivity contribution in [2.45, 2.75) is 44.8 Å². The van der Waals surface area contributed by atoms with Crippen molar-refractivity contribution in [2.24, 2.45) is 5.92 Å². The molecule has 2 heterocycles. The number of nitrogens with zero attached hydrogens (tertiary/aromatic N) is 2. The van der Waals surface area contributed by atoms with Crippen molar-refractivity contribution in [1.29, 1.82) is 0 Å². The van der Waals surface area contributed by atoms with Gasteiger partial charge in [0.05, 0.1) is 6.61 Å². The molecule has 1 saturated carbocycles. The molecular weight excluding hydrogens is 308 g/mol. The molecule has 8 heteroatoms. The van der Waals surface area contributed by atoms with Crippen molar-refractivity contribution in [3.8, 4) is 0 Å². The van der Waals surface area contributed by atoms with Gasteiger partial charge in [-0.25, -0.2) is 0 Å². The first-order valence-corrected chi connectivity index (χ1v) is 7.61. The number of halogens is 1. The number of hydrogen-bond acceptors (Lipinski definition) is 6. The van der Waals surface area contributed by atoms with Crippen LogP contribution in [0.3, 0.4) is 0 Å². The average Bonchev–Trinajstić information content (AvgIpc) is 3.23. The molecule has 7 nitrogen and oxygen atoms in total. The molecule has 22 heavy (non-hydrogen) atoms. The fourth-order valence-corrected chi connectivity index (χ4v) is 2.37. The molecule has 3 rings (SSSR count). The molecule has 124 valence electrons. The lowest BCUT2D eigenvalue weighted by Crippen LogP contribution is -2.49. The van der Waals surface area contributed by atoms with Gasteiger partial charge < -0.3 is 19.9 Å². The summed E-state index contributed by atoms with van der Waals surface area (Å²) in [6.45, 7) is 5.91. The Morgan fingerprint density at radius 3 is 2.77 bits per heavy atom. The van der Waals surface area contributed by atoms with Crippen LogP contribution in [0.1, 0.15) is 50.4 Å². The summed E-state index contributed by atoms with van der Waals surface area (Å²) in [5.41, 5.74) is 0. The van der Waals surface area contributed by atoms with Crippen LogP contribution in [0, 0.1) is 5.92 Å². The van der Waals surface area contributed by atoms with E-state index in [2.05, 4.69) is 20.8 Å². The van der Waals surface area contributed by atoms with E-state index in [0.29, 0.717) is 25.0 Å². The lowest BCUT2D eigenvalue weighted by atomic mass is 10.0. The Morgan fingerprint density at radius 2 is 2.18 bits per heavy atom. The van der Waals surface area contributed by atoms with Crippen molar-refractivity contribution in [1.82, 2.24) is 20.8 Å². The van der Waals surface area contributed by atoms with E-state index in [1.807, 2.05) is 13.8 Å². The molecule has 2 unspecified atom stereocenters. The van der Waals surface area contributed by atoms with Gasteiger partial charge in [-0.1, -0.05) is 19.0 Å². The topological polar surface area (TPSA) is 89.3 Å². The summed E-state index contributed by atoms with van der Waals surface area (Å²) < 4.78 is 10.8. The van der Waals surface area contributed by atoms with Gasteiger partial charge in [0.25, 0.3) is 5.91 Å². The number of nitrogens with one attached hydrogen (secondary N) is 2. The van der Waals surface area contributed by atoms with Crippen molar-refractivity contribution in [2.75, 3.05) is 19.7 Å². The van der Waals surface area contributed by atoms with Crippen LogP contribution < -0.4 is 10.6 Å². The summed E-state index contributed by atoms with van der Waals surface area (Å²) in [4.78, 5) is 16.7. The molecule has 2 atom stereocenters. The van der Waals surface area contributed by atoms with Crippen LogP contribution in [-0.2, 0) is 9.53 Å². The van der Waals surface area contributed by atoms with Crippen LogP contribution in [0.15, 0.2) is 4.52 Å². The first kappa shape index (κ1) is 17.2. The fraction of sp³-hybridized carbons (Fsp3) is 0.786. The number of ether oxygens (including phenoxy) is 1. The van der Waals surface area contributed by atoms with E-state index in [0.717, 1.165) is 25.2 Å². The summed E-state index contributed by atoms with van der Waals surface area (Å²) in [6.07, 6.45) is 1.80. The highest BCUT2D eigenvalue weighted by molar-refractivity contribution is 5.85. The molecule has 0 aromatic carbocycles. The van der Waals surface area contributed by atoms with Crippen molar-refractivity contribution >= 4 is 18.3 Å². The monoisotopic (exact) mass is 330 g/mol. The molecule has 0 bridgehead atoms. The largest absolute Gasteiger partial charge is 0.366 e. The van der Waals surface area contributed by atoms with Crippen LogP contribution in [-0.4, -0.2) is 41.8 Å². The van der Waals surface area contributed by atoms with E-state index >= 15 is 0 Å². The van der Waals surface area contributed by atoms with Crippen LogP contribution in [0.25, 0.3) is 0 Å². The van der Waals surface area contributed by atoms with Gasteiger partial charge in [0, 0.05) is 19.0 Å². The van der Waals surface area contributed by atoms with Gasteiger partial charge in [-0.2, -0.15) is 4.98 Å². The van der Waals surface area contributed by atoms with Crippen LogP contribution >= 0.6 is 12.4 Å². The van der Waals surface area contributed by atoms with E-state index < -0.39 is 6.10 Å². The number of amides is 1. The number of hydrogen-bond donors (Lipinski definition) is 2. The van der Waals surface area contributed by atoms with Gasteiger partial charge in [-0.15, -0.1) is 12.4 Å². The Bertz CT molecular complexity index is 498. The van der Waals surface area contributed by atoms with E-state index in [9.17, 15) is 4.79 Å². The zero-order chi connectivity index (χ0) is 14.8. The van der Waals surface area contributed by atoms with Crippen molar-refractivity contribution in [3.63, 3.8) is 0 Å². The molecule has 0 spiro atoms. The molecule has 1 aliphatic heterocycles. The smallest absolute Gasteiger partial charge is 0.251 e. The Balaban J connectivity index is 0.00000176. The lowest BCUT2D eigenvalue weighted by Gasteiger charge is -2.26. The molecular formula is C14H23ClN4O3. The van der Waals surface area contributed by atoms with Gasteiger partial charge in [0.15, 0.2) is 5.82 Å². The zero-order valence-corrected chi connectivity index (χ0v) is 13.7. The third kappa shape index (κ3) is 3.97. The van der Waals surface area contributed by atoms with Crippen molar-refractivity contribution in [3.05, 3.63) is 11.7 Å². The molecule has 1 aromatic rings.